The van der Waals surface area contributed by atoms with E-state index in [4.69, 9.17) is 4.74 Å². The van der Waals surface area contributed by atoms with Crippen LogP contribution in [0.15, 0.2) is 54.6 Å². The molecule has 8 atom stereocenters. The summed E-state index contributed by atoms with van der Waals surface area (Å²) in [5.74, 6) is 4.48. The molecule has 4 heteroatoms. The van der Waals surface area contributed by atoms with Gasteiger partial charge in [0.05, 0.1) is 30.7 Å². The van der Waals surface area contributed by atoms with E-state index in [0.717, 1.165) is 23.7 Å². The Bertz CT molecular complexity index is 1150. The van der Waals surface area contributed by atoms with Gasteiger partial charge in [0.25, 0.3) is 0 Å². The van der Waals surface area contributed by atoms with Crippen molar-refractivity contribution in [3.63, 3.8) is 0 Å². The van der Waals surface area contributed by atoms with Gasteiger partial charge in [-0.1, -0.05) is 93.1 Å². The van der Waals surface area contributed by atoms with Crippen molar-refractivity contribution in [2.45, 2.75) is 139 Å². The number of nitrogens with one attached hydrogen (secondary N) is 3. The van der Waals surface area contributed by atoms with Crippen molar-refractivity contribution in [1.82, 2.24) is 16.0 Å². The quantitative estimate of drug-likeness (QED) is 0.332. The van der Waals surface area contributed by atoms with Gasteiger partial charge >= 0.3 is 0 Å². The normalized spacial score (nSPS) is 39.2. The standard InChI is InChI=1S/C39H55N3O/c1-4-10-26(11-5-1)27-16-18-28(19-17-27)31-20-22-33-34-23-21-32(25-36(34)43-35(33)24-31)39-41-37(29-12-6-2-7-13-29)40-38(42-39)30-14-8-3-9-15-30/h1,4-5,10-11,16-19,29-42H,2-3,6-9,12-15,20-25H2. The summed E-state index contributed by atoms with van der Waals surface area (Å²) in [5.41, 5.74) is 4.15. The molecule has 0 radical (unpaired) electrons. The second-order valence-electron chi connectivity index (χ2n) is 15.3. The first-order valence-corrected chi connectivity index (χ1v) is 18.4. The highest BCUT2D eigenvalue weighted by molar-refractivity contribution is 5.63. The fourth-order valence-electron chi connectivity index (χ4n) is 10.5. The van der Waals surface area contributed by atoms with Crippen LogP contribution in [0.2, 0.25) is 0 Å². The van der Waals surface area contributed by atoms with Gasteiger partial charge in [-0.15, -0.1) is 0 Å². The molecule has 2 heterocycles. The van der Waals surface area contributed by atoms with Crippen LogP contribution in [0.4, 0.5) is 0 Å². The molecular weight excluding hydrogens is 526 g/mol. The van der Waals surface area contributed by atoms with Crippen LogP contribution < -0.4 is 16.0 Å². The van der Waals surface area contributed by atoms with Gasteiger partial charge in [-0.2, -0.15) is 0 Å². The molecule has 6 fully saturated rings. The van der Waals surface area contributed by atoms with Crippen molar-refractivity contribution in [3.05, 3.63) is 60.2 Å². The van der Waals surface area contributed by atoms with Crippen LogP contribution in [0.1, 0.15) is 114 Å². The summed E-state index contributed by atoms with van der Waals surface area (Å²) in [6, 6.07) is 20.2. The molecule has 232 valence electrons. The van der Waals surface area contributed by atoms with Crippen LogP contribution in [0.3, 0.4) is 0 Å². The number of hydrogen-bond acceptors (Lipinski definition) is 4. The lowest BCUT2D eigenvalue weighted by molar-refractivity contribution is -0.0216. The maximum absolute atomic E-state index is 7.05. The Balaban J connectivity index is 0.917. The average molecular weight is 582 g/mol. The van der Waals surface area contributed by atoms with Crippen LogP contribution in [0.25, 0.3) is 11.1 Å². The lowest BCUT2D eigenvalue weighted by Gasteiger charge is -2.49. The van der Waals surface area contributed by atoms with E-state index in [9.17, 15) is 0 Å². The highest BCUT2D eigenvalue weighted by Gasteiger charge is 2.51. The van der Waals surface area contributed by atoms with E-state index in [1.165, 1.54) is 119 Å². The summed E-state index contributed by atoms with van der Waals surface area (Å²) < 4.78 is 7.05. The van der Waals surface area contributed by atoms with E-state index >= 15 is 0 Å². The predicted octanol–water partition coefficient (Wildman–Crippen LogP) is 8.34. The molecule has 4 aliphatic carbocycles. The van der Waals surface area contributed by atoms with Crippen LogP contribution in [-0.4, -0.2) is 30.7 Å². The minimum Gasteiger partial charge on any atom is -0.374 e. The first-order chi connectivity index (χ1) is 21.3. The molecule has 0 amide bonds. The number of fused-ring (bicyclic) bond motifs is 3. The molecule has 2 saturated heterocycles. The van der Waals surface area contributed by atoms with Crippen LogP contribution in [0, 0.1) is 29.6 Å². The van der Waals surface area contributed by atoms with Crippen LogP contribution >= 0.6 is 0 Å². The van der Waals surface area contributed by atoms with Gasteiger partial charge in [0.1, 0.15) is 0 Å². The third kappa shape index (κ3) is 6.11. The van der Waals surface area contributed by atoms with Crippen molar-refractivity contribution in [2.24, 2.45) is 29.6 Å². The summed E-state index contributed by atoms with van der Waals surface area (Å²) in [4.78, 5) is 0. The van der Waals surface area contributed by atoms with Gasteiger partial charge in [-0.3, -0.25) is 16.0 Å². The molecule has 0 spiro atoms. The van der Waals surface area contributed by atoms with Gasteiger partial charge in [0.2, 0.25) is 0 Å². The molecule has 0 bridgehead atoms. The number of hydrogen-bond donors (Lipinski definition) is 3. The lowest BCUT2D eigenvalue weighted by Crippen LogP contribution is -2.72. The lowest BCUT2D eigenvalue weighted by atomic mass is 9.68. The van der Waals surface area contributed by atoms with E-state index in [1.807, 2.05) is 0 Å². The maximum atomic E-state index is 7.05. The zero-order valence-corrected chi connectivity index (χ0v) is 26.3. The van der Waals surface area contributed by atoms with Gasteiger partial charge in [0.15, 0.2) is 0 Å². The Hall–Kier alpha value is -1.72. The van der Waals surface area contributed by atoms with Gasteiger partial charge in [-0.05, 0) is 116 Å². The summed E-state index contributed by atoms with van der Waals surface area (Å²) >= 11 is 0. The Morgan fingerprint density at radius 2 is 1.00 bits per heavy atom. The molecule has 0 aromatic heterocycles. The molecule has 8 unspecified atom stereocenters. The second-order valence-corrected chi connectivity index (χ2v) is 15.3. The Morgan fingerprint density at radius 3 is 1.63 bits per heavy atom. The van der Waals surface area contributed by atoms with E-state index in [1.54, 1.807) is 0 Å². The van der Waals surface area contributed by atoms with E-state index in [0.29, 0.717) is 42.5 Å². The fourth-order valence-corrected chi connectivity index (χ4v) is 10.5. The number of rotatable bonds is 5. The number of benzene rings is 2. The van der Waals surface area contributed by atoms with Crippen LogP contribution in [-0.2, 0) is 4.74 Å². The highest BCUT2D eigenvalue weighted by atomic mass is 16.5. The summed E-state index contributed by atoms with van der Waals surface area (Å²) in [7, 11) is 0. The summed E-state index contributed by atoms with van der Waals surface area (Å²) in [6.45, 7) is 0. The topological polar surface area (TPSA) is 45.3 Å². The minimum atomic E-state index is 0.433. The Kier molecular flexibility index (Phi) is 8.65. The third-order valence-corrected chi connectivity index (χ3v) is 12.9. The molecule has 6 aliphatic rings. The van der Waals surface area contributed by atoms with Gasteiger partial charge < -0.3 is 4.74 Å². The van der Waals surface area contributed by atoms with Crippen molar-refractivity contribution >= 4 is 0 Å². The van der Waals surface area contributed by atoms with Gasteiger partial charge in [-0.25, -0.2) is 0 Å². The third-order valence-electron chi connectivity index (χ3n) is 12.9. The summed E-state index contributed by atoms with van der Waals surface area (Å²) in [5, 5.41) is 12.5. The molecular formula is C39H55N3O. The van der Waals surface area contributed by atoms with E-state index in [2.05, 4.69) is 70.5 Å². The molecule has 4 nitrogen and oxygen atoms in total. The van der Waals surface area contributed by atoms with Crippen molar-refractivity contribution in [2.75, 3.05) is 0 Å². The minimum absolute atomic E-state index is 0.433. The highest BCUT2D eigenvalue weighted by Crippen LogP contribution is 2.52. The molecule has 8 rings (SSSR count). The van der Waals surface area contributed by atoms with E-state index < -0.39 is 0 Å². The monoisotopic (exact) mass is 581 g/mol. The molecule has 3 N–H and O–H groups in total. The molecule has 2 aliphatic heterocycles. The second kappa shape index (κ2) is 12.9. The molecule has 2 aromatic rings. The van der Waals surface area contributed by atoms with Gasteiger partial charge in [0, 0.05) is 0 Å². The Labute approximate surface area is 260 Å². The Morgan fingerprint density at radius 1 is 0.465 bits per heavy atom. The van der Waals surface area contributed by atoms with Crippen molar-refractivity contribution in [3.8, 4) is 11.1 Å². The smallest absolute Gasteiger partial charge is 0.0625 e. The zero-order chi connectivity index (χ0) is 28.6. The zero-order valence-electron chi connectivity index (χ0n) is 26.3. The van der Waals surface area contributed by atoms with Crippen molar-refractivity contribution < 1.29 is 4.74 Å². The first kappa shape index (κ1) is 28.7. The SMILES string of the molecule is c1ccc(-c2ccc(C3CCC4C(C3)OC3CC(C5NC(C6CCCCC6)NC(C6CCCCC6)N5)CCC34)cc2)cc1. The first-order valence-electron chi connectivity index (χ1n) is 18.4. The molecule has 2 aromatic carbocycles. The predicted molar refractivity (Wildman–Crippen MR) is 175 cm³/mol. The fraction of sp³-hybridized carbons (Fsp3) is 0.692. The average Bonchev–Trinajstić information content (AvgIpc) is 3.46. The van der Waals surface area contributed by atoms with Crippen LogP contribution in [0.5, 0.6) is 0 Å². The summed E-state index contributed by atoms with van der Waals surface area (Å²) in [6.07, 6.45) is 24.3. The number of ether oxygens (including phenoxy) is 1. The molecule has 43 heavy (non-hydrogen) atoms. The largest absolute Gasteiger partial charge is 0.374 e. The van der Waals surface area contributed by atoms with Crippen molar-refractivity contribution in [1.29, 1.82) is 0 Å². The maximum Gasteiger partial charge on any atom is 0.0625 e. The molecule has 4 saturated carbocycles. The van der Waals surface area contributed by atoms with E-state index in [-0.39, 0.29) is 0 Å².